The van der Waals surface area contributed by atoms with E-state index in [1.54, 1.807) is 12.1 Å². The van der Waals surface area contributed by atoms with Crippen molar-refractivity contribution in [3.05, 3.63) is 54.1 Å². The first-order valence-corrected chi connectivity index (χ1v) is 10.1. The van der Waals surface area contributed by atoms with Gasteiger partial charge in [-0.3, -0.25) is 10.1 Å². The van der Waals surface area contributed by atoms with Gasteiger partial charge in [0.1, 0.15) is 5.75 Å². The van der Waals surface area contributed by atoms with Crippen LogP contribution in [0.5, 0.6) is 5.75 Å². The van der Waals surface area contributed by atoms with Gasteiger partial charge in [-0.25, -0.2) is 0 Å². The van der Waals surface area contributed by atoms with Crippen LogP contribution < -0.4 is 20.3 Å². The topological polar surface area (TPSA) is 53.6 Å². The van der Waals surface area contributed by atoms with Crippen LogP contribution in [0.4, 0.5) is 11.4 Å². The molecule has 2 aromatic carbocycles. The van der Waals surface area contributed by atoms with Gasteiger partial charge in [-0.1, -0.05) is 32.0 Å². The van der Waals surface area contributed by atoms with Crippen LogP contribution >= 0.6 is 12.2 Å². The second-order valence-electron chi connectivity index (χ2n) is 7.35. The first-order valence-electron chi connectivity index (χ1n) is 9.72. The molecule has 1 aliphatic heterocycles. The Kier molecular flexibility index (Phi) is 6.87. The van der Waals surface area contributed by atoms with Gasteiger partial charge >= 0.3 is 0 Å². The Morgan fingerprint density at radius 1 is 1.14 bits per heavy atom. The molecular weight excluding hydrogens is 370 g/mol. The molecule has 2 N–H and O–H groups in total. The lowest BCUT2D eigenvalue weighted by atomic mass is 10.2. The quantitative estimate of drug-likeness (QED) is 0.706. The number of hydrogen-bond donors (Lipinski definition) is 2. The molecule has 148 valence electrons. The van der Waals surface area contributed by atoms with E-state index in [0.29, 0.717) is 23.8 Å². The molecule has 6 heteroatoms. The van der Waals surface area contributed by atoms with Gasteiger partial charge in [-0.2, -0.15) is 0 Å². The number of anilines is 2. The summed E-state index contributed by atoms with van der Waals surface area (Å²) in [5.41, 5.74) is 2.53. The first-order chi connectivity index (χ1) is 13.5. The molecule has 5 nitrogen and oxygen atoms in total. The summed E-state index contributed by atoms with van der Waals surface area (Å²) < 4.78 is 5.70. The molecule has 1 saturated heterocycles. The van der Waals surface area contributed by atoms with E-state index in [0.717, 1.165) is 24.5 Å². The van der Waals surface area contributed by atoms with Crippen molar-refractivity contribution in [1.82, 2.24) is 5.32 Å². The van der Waals surface area contributed by atoms with E-state index >= 15 is 0 Å². The van der Waals surface area contributed by atoms with E-state index in [2.05, 4.69) is 35.4 Å². The zero-order valence-electron chi connectivity index (χ0n) is 16.4. The molecule has 1 aliphatic rings. The predicted molar refractivity (Wildman–Crippen MR) is 118 cm³/mol. The van der Waals surface area contributed by atoms with E-state index < -0.39 is 0 Å². The van der Waals surface area contributed by atoms with Gasteiger partial charge in [0.15, 0.2) is 5.11 Å². The molecule has 1 amide bonds. The molecule has 1 fully saturated rings. The number of para-hydroxylation sites is 2. The number of nitrogens with zero attached hydrogens (tertiary/aromatic N) is 1. The van der Waals surface area contributed by atoms with Crippen LogP contribution in [-0.2, 0) is 0 Å². The van der Waals surface area contributed by atoms with Crippen LogP contribution in [0.2, 0.25) is 0 Å². The average molecular weight is 398 g/mol. The summed E-state index contributed by atoms with van der Waals surface area (Å²) in [6, 6.07) is 15.2. The van der Waals surface area contributed by atoms with Crippen molar-refractivity contribution < 1.29 is 9.53 Å². The maximum atomic E-state index is 12.6. The molecule has 28 heavy (non-hydrogen) atoms. The molecule has 0 radical (unpaired) electrons. The standard InChI is InChI=1S/C22H27N3O2S/c1-16(2)15-27-18-9-7-8-17(14-18)21(26)24-22(28)23-19-10-3-4-11-20(19)25-12-5-6-13-25/h3-4,7-11,14,16H,5-6,12-13,15H2,1-2H3,(H2,23,24,26,28). The zero-order chi connectivity index (χ0) is 19.9. The lowest BCUT2D eigenvalue weighted by molar-refractivity contribution is 0.0977. The van der Waals surface area contributed by atoms with E-state index in [1.807, 2.05) is 30.3 Å². The second-order valence-corrected chi connectivity index (χ2v) is 7.76. The van der Waals surface area contributed by atoms with Gasteiger partial charge in [-0.05, 0) is 61.3 Å². The Balaban J connectivity index is 1.62. The number of ether oxygens (including phenoxy) is 1. The van der Waals surface area contributed by atoms with Crippen LogP contribution in [0.15, 0.2) is 48.5 Å². The molecule has 0 aromatic heterocycles. The smallest absolute Gasteiger partial charge is 0.257 e. The van der Waals surface area contributed by atoms with E-state index in [9.17, 15) is 4.79 Å². The number of rotatable bonds is 6. The van der Waals surface area contributed by atoms with Crippen molar-refractivity contribution >= 4 is 34.6 Å². The van der Waals surface area contributed by atoms with Crippen molar-refractivity contribution in [3.63, 3.8) is 0 Å². The number of nitrogens with one attached hydrogen (secondary N) is 2. The van der Waals surface area contributed by atoms with Crippen LogP contribution in [-0.4, -0.2) is 30.7 Å². The number of amides is 1. The minimum absolute atomic E-state index is 0.258. The number of thiocarbonyl (C=S) groups is 1. The van der Waals surface area contributed by atoms with Crippen LogP contribution in [0, 0.1) is 5.92 Å². The minimum Gasteiger partial charge on any atom is -0.493 e. The molecular formula is C22H27N3O2S. The molecule has 3 rings (SSSR count). The number of benzene rings is 2. The largest absolute Gasteiger partial charge is 0.493 e. The summed E-state index contributed by atoms with van der Waals surface area (Å²) in [6.07, 6.45) is 2.40. The maximum absolute atomic E-state index is 12.6. The van der Waals surface area contributed by atoms with Gasteiger partial charge < -0.3 is 15.0 Å². The van der Waals surface area contributed by atoms with Crippen molar-refractivity contribution in [2.75, 3.05) is 29.9 Å². The Labute approximate surface area is 172 Å². The maximum Gasteiger partial charge on any atom is 0.257 e. The fourth-order valence-corrected chi connectivity index (χ4v) is 3.33. The van der Waals surface area contributed by atoms with Gasteiger partial charge in [0.25, 0.3) is 5.91 Å². The summed E-state index contributed by atoms with van der Waals surface area (Å²) in [7, 11) is 0. The Morgan fingerprint density at radius 3 is 2.64 bits per heavy atom. The molecule has 0 atom stereocenters. The van der Waals surface area contributed by atoms with Gasteiger partial charge in [-0.15, -0.1) is 0 Å². The van der Waals surface area contributed by atoms with Crippen molar-refractivity contribution in [2.24, 2.45) is 5.92 Å². The highest BCUT2D eigenvalue weighted by molar-refractivity contribution is 7.80. The molecule has 2 aromatic rings. The molecule has 1 heterocycles. The highest BCUT2D eigenvalue weighted by Crippen LogP contribution is 2.28. The van der Waals surface area contributed by atoms with E-state index in [4.69, 9.17) is 17.0 Å². The summed E-state index contributed by atoms with van der Waals surface area (Å²) >= 11 is 5.37. The van der Waals surface area contributed by atoms with Crippen LogP contribution in [0.25, 0.3) is 0 Å². The lowest BCUT2D eigenvalue weighted by Crippen LogP contribution is -2.34. The number of carbonyl (C=O) groups is 1. The third-order valence-electron chi connectivity index (χ3n) is 4.51. The average Bonchev–Trinajstić information content (AvgIpc) is 3.21. The van der Waals surface area contributed by atoms with Crippen LogP contribution in [0.3, 0.4) is 0 Å². The minimum atomic E-state index is -0.258. The van der Waals surface area contributed by atoms with Crippen molar-refractivity contribution in [2.45, 2.75) is 26.7 Å². The normalized spacial score (nSPS) is 13.5. The lowest BCUT2D eigenvalue weighted by Gasteiger charge is -2.22. The monoisotopic (exact) mass is 397 g/mol. The summed E-state index contributed by atoms with van der Waals surface area (Å²) in [5, 5.41) is 6.21. The van der Waals surface area contributed by atoms with E-state index in [1.165, 1.54) is 12.8 Å². The SMILES string of the molecule is CC(C)COc1cccc(C(=O)NC(=S)Nc2ccccc2N2CCCC2)c1. The van der Waals surface area contributed by atoms with Gasteiger partial charge in [0, 0.05) is 18.7 Å². The Bertz CT molecular complexity index is 832. The fraction of sp³-hybridized carbons (Fsp3) is 0.364. The van der Waals surface area contributed by atoms with Crippen LogP contribution in [0.1, 0.15) is 37.0 Å². The Hall–Kier alpha value is -2.60. The molecule has 0 spiro atoms. The fourth-order valence-electron chi connectivity index (χ4n) is 3.13. The first kappa shape index (κ1) is 20.1. The van der Waals surface area contributed by atoms with Crippen molar-refractivity contribution in [1.29, 1.82) is 0 Å². The van der Waals surface area contributed by atoms with E-state index in [-0.39, 0.29) is 11.0 Å². The zero-order valence-corrected chi connectivity index (χ0v) is 17.2. The third kappa shape index (κ3) is 5.45. The number of carbonyl (C=O) groups excluding carboxylic acids is 1. The van der Waals surface area contributed by atoms with Gasteiger partial charge in [0.2, 0.25) is 0 Å². The number of hydrogen-bond acceptors (Lipinski definition) is 4. The highest BCUT2D eigenvalue weighted by Gasteiger charge is 2.16. The second kappa shape index (κ2) is 9.55. The molecule has 0 saturated carbocycles. The molecule has 0 bridgehead atoms. The molecule has 0 aliphatic carbocycles. The summed E-state index contributed by atoms with van der Waals surface area (Å²) in [6.45, 7) is 6.86. The third-order valence-corrected chi connectivity index (χ3v) is 4.71. The molecule has 0 unspecified atom stereocenters. The highest BCUT2D eigenvalue weighted by atomic mass is 32.1. The predicted octanol–water partition coefficient (Wildman–Crippen LogP) is 4.45. The van der Waals surface area contributed by atoms with Crippen molar-refractivity contribution in [3.8, 4) is 5.75 Å². The summed E-state index contributed by atoms with van der Waals surface area (Å²) in [5.74, 6) is 0.843. The summed E-state index contributed by atoms with van der Waals surface area (Å²) in [4.78, 5) is 14.9. The van der Waals surface area contributed by atoms with Gasteiger partial charge in [0.05, 0.1) is 18.0 Å². The Morgan fingerprint density at radius 2 is 1.89 bits per heavy atom.